The van der Waals surface area contributed by atoms with Crippen LogP contribution in [0.5, 0.6) is 0 Å². The Labute approximate surface area is 164 Å². The zero-order valence-corrected chi connectivity index (χ0v) is 16.0. The molecule has 0 N–H and O–H groups in total. The van der Waals surface area contributed by atoms with Crippen LogP contribution in [-0.4, -0.2) is 38.3 Å². The Bertz CT molecular complexity index is 914. The van der Waals surface area contributed by atoms with Gasteiger partial charge in [0.05, 0.1) is 17.4 Å². The van der Waals surface area contributed by atoms with Gasteiger partial charge in [-0.2, -0.15) is 4.98 Å². The molecule has 0 spiro atoms. The fraction of sp³-hybridized carbons (Fsp3) is 0.524. The van der Waals surface area contributed by atoms with Crippen LogP contribution in [0.15, 0.2) is 34.9 Å². The van der Waals surface area contributed by atoms with Gasteiger partial charge in [0, 0.05) is 32.0 Å². The van der Waals surface area contributed by atoms with E-state index in [0.717, 1.165) is 75.6 Å². The zero-order chi connectivity index (χ0) is 18.8. The predicted molar refractivity (Wildman–Crippen MR) is 102 cm³/mol. The van der Waals surface area contributed by atoms with Gasteiger partial charge in [0.15, 0.2) is 5.82 Å². The first kappa shape index (κ1) is 17.6. The third kappa shape index (κ3) is 3.58. The van der Waals surface area contributed by atoms with Crippen LogP contribution in [0.25, 0.3) is 0 Å². The molecule has 5 rings (SSSR count). The molecule has 1 aromatic carbocycles. The number of benzene rings is 1. The third-order valence-electron chi connectivity index (χ3n) is 5.89. The molecule has 28 heavy (non-hydrogen) atoms. The molecule has 3 heterocycles. The molecule has 2 aromatic heterocycles. The van der Waals surface area contributed by atoms with E-state index in [2.05, 4.69) is 44.4 Å². The quantitative estimate of drug-likeness (QED) is 0.678. The van der Waals surface area contributed by atoms with Gasteiger partial charge in [0.1, 0.15) is 0 Å². The summed E-state index contributed by atoms with van der Waals surface area (Å²) in [6, 6.07) is 10.8. The minimum absolute atomic E-state index is 0.252. The highest BCUT2D eigenvalue weighted by atomic mass is 16.5. The van der Waals surface area contributed by atoms with Gasteiger partial charge in [-0.3, -0.25) is 0 Å². The molecule has 1 saturated heterocycles. The average molecular weight is 379 g/mol. The molecule has 1 unspecified atom stereocenters. The average Bonchev–Trinajstić information content (AvgIpc) is 3.40. The van der Waals surface area contributed by atoms with Crippen LogP contribution in [0.3, 0.4) is 0 Å². The highest BCUT2D eigenvalue weighted by Crippen LogP contribution is 2.33. The number of ether oxygens (including phenoxy) is 1. The van der Waals surface area contributed by atoms with Crippen molar-refractivity contribution in [2.45, 2.75) is 56.9 Å². The summed E-state index contributed by atoms with van der Waals surface area (Å²) < 4.78 is 13.3. The molecule has 2 aliphatic rings. The molecule has 1 aliphatic heterocycles. The summed E-state index contributed by atoms with van der Waals surface area (Å²) in [5.41, 5.74) is 3.67. The minimum atomic E-state index is 0.252. The molecule has 3 aromatic rings. The minimum Gasteiger partial charge on any atom is -0.381 e. The van der Waals surface area contributed by atoms with Gasteiger partial charge in [0.2, 0.25) is 5.89 Å². The Morgan fingerprint density at radius 2 is 1.89 bits per heavy atom. The van der Waals surface area contributed by atoms with E-state index in [0.29, 0.717) is 6.04 Å². The van der Waals surface area contributed by atoms with Crippen LogP contribution in [0.1, 0.15) is 59.9 Å². The normalized spacial score (nSPS) is 20.2. The van der Waals surface area contributed by atoms with Gasteiger partial charge in [-0.05, 0) is 37.7 Å². The molecule has 0 radical (unpaired) electrons. The van der Waals surface area contributed by atoms with Crippen molar-refractivity contribution in [3.05, 3.63) is 59.0 Å². The van der Waals surface area contributed by atoms with E-state index in [-0.39, 0.29) is 5.92 Å². The highest BCUT2D eigenvalue weighted by molar-refractivity contribution is 5.20. The standard InChI is InChI=1S/C21H25N5O2/c1-2-4-15(5-3-1)6-9-20-22-21(28-24-20)16-7-8-18-19(14-16)26(25-23-18)17-10-12-27-13-11-17/h1-5,16-17H,6-14H2. The van der Waals surface area contributed by atoms with Crippen LogP contribution in [0.2, 0.25) is 0 Å². The van der Waals surface area contributed by atoms with Gasteiger partial charge in [-0.1, -0.05) is 40.7 Å². The Morgan fingerprint density at radius 1 is 1.04 bits per heavy atom. The zero-order valence-electron chi connectivity index (χ0n) is 16.0. The highest BCUT2D eigenvalue weighted by Gasteiger charge is 2.31. The second kappa shape index (κ2) is 7.83. The lowest BCUT2D eigenvalue weighted by Gasteiger charge is -2.26. The molecule has 7 heteroatoms. The molecule has 1 atom stereocenters. The summed E-state index contributed by atoms with van der Waals surface area (Å²) in [4.78, 5) is 4.70. The van der Waals surface area contributed by atoms with E-state index in [1.165, 1.54) is 11.3 Å². The van der Waals surface area contributed by atoms with Crippen molar-refractivity contribution >= 4 is 0 Å². The molecule has 0 bridgehead atoms. The van der Waals surface area contributed by atoms with Gasteiger partial charge in [-0.25, -0.2) is 4.68 Å². The van der Waals surface area contributed by atoms with E-state index in [9.17, 15) is 0 Å². The van der Waals surface area contributed by atoms with Crippen LogP contribution in [-0.2, 0) is 30.4 Å². The Kier molecular flexibility index (Phi) is 4.91. The number of fused-ring (bicyclic) bond motifs is 1. The van der Waals surface area contributed by atoms with E-state index >= 15 is 0 Å². The molecular weight excluding hydrogens is 354 g/mol. The summed E-state index contributed by atoms with van der Waals surface area (Å²) in [5.74, 6) is 1.80. The summed E-state index contributed by atoms with van der Waals surface area (Å²) in [5, 5.41) is 13.1. The number of nitrogens with zero attached hydrogens (tertiary/aromatic N) is 5. The van der Waals surface area contributed by atoms with Crippen molar-refractivity contribution in [2.24, 2.45) is 0 Å². The molecule has 0 saturated carbocycles. The second-order valence-electron chi connectivity index (χ2n) is 7.75. The summed E-state index contributed by atoms with van der Waals surface area (Å²) in [6.45, 7) is 1.61. The topological polar surface area (TPSA) is 78.9 Å². The maximum Gasteiger partial charge on any atom is 0.230 e. The lowest BCUT2D eigenvalue weighted by Crippen LogP contribution is -2.24. The monoisotopic (exact) mass is 379 g/mol. The van der Waals surface area contributed by atoms with Crippen molar-refractivity contribution in [2.75, 3.05) is 13.2 Å². The Balaban J connectivity index is 1.27. The van der Waals surface area contributed by atoms with Crippen molar-refractivity contribution in [1.29, 1.82) is 0 Å². The summed E-state index contributed by atoms with van der Waals surface area (Å²) in [6.07, 6.45) is 6.52. The van der Waals surface area contributed by atoms with Crippen LogP contribution in [0.4, 0.5) is 0 Å². The van der Waals surface area contributed by atoms with Gasteiger partial charge >= 0.3 is 0 Å². The Morgan fingerprint density at radius 3 is 2.75 bits per heavy atom. The second-order valence-corrected chi connectivity index (χ2v) is 7.75. The maximum atomic E-state index is 5.64. The number of aromatic nitrogens is 5. The van der Waals surface area contributed by atoms with E-state index in [1.54, 1.807) is 0 Å². The summed E-state index contributed by atoms with van der Waals surface area (Å²) >= 11 is 0. The first-order chi connectivity index (χ1) is 13.9. The summed E-state index contributed by atoms with van der Waals surface area (Å²) in [7, 11) is 0. The van der Waals surface area contributed by atoms with E-state index in [4.69, 9.17) is 14.2 Å². The van der Waals surface area contributed by atoms with Crippen molar-refractivity contribution in [1.82, 2.24) is 25.1 Å². The predicted octanol–water partition coefficient (Wildman–Crippen LogP) is 3.07. The van der Waals surface area contributed by atoms with Crippen LogP contribution >= 0.6 is 0 Å². The van der Waals surface area contributed by atoms with Gasteiger partial charge < -0.3 is 9.26 Å². The first-order valence-corrected chi connectivity index (χ1v) is 10.2. The molecule has 1 fully saturated rings. The Hall–Kier alpha value is -2.54. The van der Waals surface area contributed by atoms with Gasteiger partial charge in [-0.15, -0.1) is 5.10 Å². The molecule has 1 aliphatic carbocycles. The molecule has 0 amide bonds. The first-order valence-electron chi connectivity index (χ1n) is 10.2. The number of rotatable bonds is 5. The smallest absolute Gasteiger partial charge is 0.230 e. The van der Waals surface area contributed by atoms with Crippen molar-refractivity contribution in [3.63, 3.8) is 0 Å². The molecular formula is C21H25N5O2. The molecule has 146 valence electrons. The van der Waals surface area contributed by atoms with E-state index < -0.39 is 0 Å². The maximum absolute atomic E-state index is 5.64. The lowest BCUT2D eigenvalue weighted by molar-refractivity contribution is 0.0647. The van der Waals surface area contributed by atoms with Crippen LogP contribution < -0.4 is 0 Å². The largest absolute Gasteiger partial charge is 0.381 e. The SMILES string of the molecule is c1ccc(CCc2noc(C3CCc4nnn(C5CCOCC5)c4C3)n2)cc1. The number of hydrogen-bond acceptors (Lipinski definition) is 6. The third-order valence-corrected chi connectivity index (χ3v) is 5.89. The van der Waals surface area contributed by atoms with Gasteiger partial charge in [0.25, 0.3) is 0 Å². The lowest BCUT2D eigenvalue weighted by atomic mass is 9.89. The molecule has 7 nitrogen and oxygen atoms in total. The van der Waals surface area contributed by atoms with Crippen molar-refractivity contribution < 1.29 is 9.26 Å². The van der Waals surface area contributed by atoms with Crippen molar-refractivity contribution in [3.8, 4) is 0 Å². The van der Waals surface area contributed by atoms with Crippen LogP contribution in [0, 0.1) is 0 Å². The fourth-order valence-corrected chi connectivity index (χ4v) is 4.27. The fourth-order valence-electron chi connectivity index (χ4n) is 4.27. The number of hydrogen-bond donors (Lipinski definition) is 0. The van der Waals surface area contributed by atoms with E-state index in [1.807, 2.05) is 6.07 Å². The number of aryl methyl sites for hydroxylation is 3.